The van der Waals surface area contributed by atoms with Crippen LogP contribution in [0, 0.1) is 6.92 Å². The zero-order chi connectivity index (χ0) is 36.1. The topological polar surface area (TPSA) is 140 Å². The highest BCUT2D eigenvalue weighted by atomic mass is 19.4. The summed E-state index contributed by atoms with van der Waals surface area (Å²) in [6.45, 7) is 9.38. The zero-order valence-corrected chi connectivity index (χ0v) is 24.7. The van der Waals surface area contributed by atoms with E-state index in [2.05, 4.69) is 58.1 Å². The van der Waals surface area contributed by atoms with Gasteiger partial charge in [-0.05, 0) is 43.0 Å². The Morgan fingerprint density at radius 3 is 1.49 bits per heavy atom. The molecular formula is C28H32F9N3O7. The number of benzene rings is 1. The van der Waals surface area contributed by atoms with E-state index in [9.17, 15) is 39.5 Å². The maximum Gasteiger partial charge on any atom is 0.490 e. The highest BCUT2D eigenvalue weighted by Gasteiger charge is 2.40. The maximum atomic E-state index is 10.6. The smallest absolute Gasteiger partial charge is 0.475 e. The first-order chi connectivity index (χ1) is 21.5. The van der Waals surface area contributed by atoms with Gasteiger partial charge < -0.3 is 20.1 Å². The van der Waals surface area contributed by atoms with Gasteiger partial charge in [0.1, 0.15) is 0 Å². The van der Waals surface area contributed by atoms with E-state index in [0.717, 1.165) is 58.7 Å². The summed E-state index contributed by atoms with van der Waals surface area (Å²) in [6, 6.07) is 13.2. The number of likely N-dealkylation sites (tertiary alicyclic amines) is 1. The van der Waals surface area contributed by atoms with E-state index in [1.165, 1.54) is 16.7 Å². The fraction of sp³-hybridized carbons (Fsp3) is 0.500. The third-order valence-corrected chi connectivity index (χ3v) is 6.50. The molecule has 0 aliphatic carbocycles. The van der Waals surface area contributed by atoms with Crippen LogP contribution in [0.3, 0.4) is 0 Å². The number of rotatable bonds is 4. The van der Waals surface area contributed by atoms with Crippen LogP contribution in [-0.2, 0) is 32.2 Å². The molecule has 1 spiro atoms. The summed E-state index contributed by atoms with van der Waals surface area (Å²) in [6.07, 6.45) is -9.23. The van der Waals surface area contributed by atoms with Crippen LogP contribution >= 0.6 is 0 Å². The lowest BCUT2D eigenvalue weighted by Gasteiger charge is -2.47. The first kappa shape index (κ1) is 41.1. The number of alkyl halides is 9. The molecule has 2 aromatic rings. The minimum atomic E-state index is -5.08. The number of nitrogens with zero attached hydrogens (tertiary/aromatic N) is 3. The number of piperidine rings is 1. The van der Waals surface area contributed by atoms with Crippen molar-refractivity contribution >= 4 is 17.9 Å². The Balaban J connectivity index is 0.000000430. The van der Waals surface area contributed by atoms with Gasteiger partial charge in [-0.25, -0.2) is 14.4 Å². The fourth-order valence-corrected chi connectivity index (χ4v) is 4.18. The Hall–Kier alpha value is -3.97. The highest BCUT2D eigenvalue weighted by molar-refractivity contribution is 5.73. The van der Waals surface area contributed by atoms with Gasteiger partial charge in [0.15, 0.2) is 0 Å². The lowest BCUT2D eigenvalue weighted by molar-refractivity contribution is -0.193. The van der Waals surface area contributed by atoms with Crippen LogP contribution in [0.5, 0.6) is 0 Å². The van der Waals surface area contributed by atoms with Gasteiger partial charge in [-0.15, -0.1) is 0 Å². The third-order valence-electron chi connectivity index (χ3n) is 6.50. The second-order valence-corrected chi connectivity index (χ2v) is 10.3. The molecule has 0 saturated carbocycles. The number of carboxylic acids is 3. The van der Waals surface area contributed by atoms with E-state index in [-0.39, 0.29) is 5.60 Å². The van der Waals surface area contributed by atoms with Crippen molar-refractivity contribution in [3.05, 3.63) is 65.5 Å². The number of carbonyl (C=O) groups is 3. The average molecular weight is 694 g/mol. The predicted octanol–water partition coefficient (Wildman–Crippen LogP) is 5.16. The van der Waals surface area contributed by atoms with Gasteiger partial charge in [0, 0.05) is 51.7 Å². The number of ether oxygens (including phenoxy) is 1. The molecule has 264 valence electrons. The molecule has 1 aromatic carbocycles. The molecule has 0 amide bonds. The molecule has 1 aromatic heterocycles. The number of pyridine rings is 1. The van der Waals surface area contributed by atoms with Crippen molar-refractivity contribution in [2.45, 2.75) is 57.0 Å². The van der Waals surface area contributed by atoms with Crippen molar-refractivity contribution in [2.75, 3.05) is 32.8 Å². The molecular weight excluding hydrogens is 661 g/mol. The minimum Gasteiger partial charge on any atom is -0.475 e. The van der Waals surface area contributed by atoms with E-state index in [1.54, 1.807) is 0 Å². The van der Waals surface area contributed by atoms with Gasteiger partial charge in [0.2, 0.25) is 0 Å². The van der Waals surface area contributed by atoms with Gasteiger partial charge >= 0.3 is 36.4 Å². The molecule has 3 heterocycles. The normalized spacial score (nSPS) is 16.7. The van der Waals surface area contributed by atoms with Crippen LogP contribution in [0.1, 0.15) is 29.5 Å². The van der Waals surface area contributed by atoms with Crippen LogP contribution in [0.25, 0.3) is 0 Å². The first-order valence-electron chi connectivity index (χ1n) is 13.5. The molecule has 2 saturated heterocycles. The molecule has 2 fully saturated rings. The average Bonchev–Trinajstić information content (AvgIpc) is 2.96. The SMILES string of the molecule is Cc1ccc(CN2CCOC3(CCN(Cc4ccncc4)CC3)C2)cc1.O=C(O)C(F)(F)F.O=C(O)C(F)(F)F.O=C(O)C(F)(F)F. The Morgan fingerprint density at radius 2 is 1.09 bits per heavy atom. The Kier molecular flexibility index (Phi) is 15.6. The lowest BCUT2D eigenvalue weighted by atomic mass is 9.89. The summed E-state index contributed by atoms with van der Waals surface area (Å²) in [4.78, 5) is 35.9. The number of hydrogen-bond acceptors (Lipinski definition) is 7. The molecule has 19 heteroatoms. The predicted molar refractivity (Wildman–Crippen MR) is 145 cm³/mol. The maximum absolute atomic E-state index is 10.6. The Labute approximate surface area is 262 Å². The summed E-state index contributed by atoms with van der Waals surface area (Å²) in [7, 11) is 0. The minimum absolute atomic E-state index is 0.0533. The standard InChI is InChI=1S/C22H29N3O.3C2HF3O2/c1-19-2-4-20(5-3-19)17-25-14-15-26-22(18-25)8-12-24(13-9-22)16-21-6-10-23-11-7-21;3*3-2(4,5)1(6)7/h2-7,10-11H,8-9,12-18H2,1H3;3*(H,6,7). The van der Waals surface area contributed by atoms with Gasteiger partial charge in [0.05, 0.1) is 12.2 Å². The number of morpholine rings is 1. The number of aryl methyl sites for hydroxylation is 1. The highest BCUT2D eigenvalue weighted by Crippen LogP contribution is 2.31. The van der Waals surface area contributed by atoms with Gasteiger partial charge in [-0.2, -0.15) is 39.5 Å². The number of hydrogen-bond donors (Lipinski definition) is 3. The zero-order valence-electron chi connectivity index (χ0n) is 24.7. The van der Waals surface area contributed by atoms with Crippen LogP contribution in [0.2, 0.25) is 0 Å². The van der Waals surface area contributed by atoms with Crippen molar-refractivity contribution in [3.63, 3.8) is 0 Å². The van der Waals surface area contributed by atoms with E-state index in [4.69, 9.17) is 34.4 Å². The summed E-state index contributed by atoms with van der Waals surface area (Å²) >= 11 is 0. The molecule has 4 rings (SSSR count). The number of halogens is 9. The quantitative estimate of drug-likeness (QED) is 0.368. The van der Waals surface area contributed by atoms with E-state index in [0.29, 0.717) is 0 Å². The van der Waals surface area contributed by atoms with Crippen LogP contribution in [0.15, 0.2) is 48.8 Å². The summed E-state index contributed by atoms with van der Waals surface area (Å²) < 4.78 is 102. The molecule has 0 bridgehead atoms. The number of carboxylic acid groups (broad SMARTS) is 3. The van der Waals surface area contributed by atoms with E-state index < -0.39 is 36.4 Å². The largest absolute Gasteiger partial charge is 0.490 e. The fourth-order valence-electron chi connectivity index (χ4n) is 4.18. The molecule has 47 heavy (non-hydrogen) atoms. The molecule has 2 aliphatic heterocycles. The summed E-state index contributed by atoms with van der Waals surface area (Å²) in [5, 5.41) is 21.4. The lowest BCUT2D eigenvalue weighted by Crippen LogP contribution is -2.56. The number of aliphatic carboxylic acids is 3. The van der Waals surface area contributed by atoms with Crippen LogP contribution in [-0.4, -0.2) is 105 Å². The molecule has 0 atom stereocenters. The molecule has 0 unspecified atom stereocenters. The number of aromatic nitrogens is 1. The summed E-state index contributed by atoms with van der Waals surface area (Å²) in [5.41, 5.74) is 4.13. The molecule has 0 radical (unpaired) electrons. The summed E-state index contributed by atoms with van der Waals surface area (Å²) in [5.74, 6) is -8.27. The Bertz CT molecular complexity index is 1210. The second-order valence-electron chi connectivity index (χ2n) is 10.3. The van der Waals surface area contributed by atoms with Crippen molar-refractivity contribution in [1.82, 2.24) is 14.8 Å². The van der Waals surface area contributed by atoms with Crippen LogP contribution < -0.4 is 0 Å². The van der Waals surface area contributed by atoms with E-state index >= 15 is 0 Å². The first-order valence-corrected chi connectivity index (χ1v) is 13.5. The molecule has 2 aliphatic rings. The van der Waals surface area contributed by atoms with Crippen molar-refractivity contribution in [2.24, 2.45) is 0 Å². The molecule has 3 N–H and O–H groups in total. The Morgan fingerprint density at radius 1 is 0.702 bits per heavy atom. The monoisotopic (exact) mass is 693 g/mol. The van der Waals surface area contributed by atoms with E-state index in [1.807, 2.05) is 12.4 Å². The molecule has 10 nitrogen and oxygen atoms in total. The van der Waals surface area contributed by atoms with Crippen molar-refractivity contribution < 1.29 is 74.0 Å². The van der Waals surface area contributed by atoms with Gasteiger partial charge in [-0.3, -0.25) is 14.8 Å². The van der Waals surface area contributed by atoms with Crippen molar-refractivity contribution in [1.29, 1.82) is 0 Å². The van der Waals surface area contributed by atoms with Crippen molar-refractivity contribution in [3.8, 4) is 0 Å². The third kappa shape index (κ3) is 16.4. The second kappa shape index (κ2) is 17.8. The van der Waals surface area contributed by atoms with Gasteiger partial charge in [0.25, 0.3) is 0 Å². The van der Waals surface area contributed by atoms with Gasteiger partial charge in [-0.1, -0.05) is 29.8 Å². The van der Waals surface area contributed by atoms with Crippen LogP contribution in [0.4, 0.5) is 39.5 Å².